The predicted molar refractivity (Wildman–Crippen MR) is 90.5 cm³/mol. The summed E-state index contributed by atoms with van der Waals surface area (Å²) in [4.78, 5) is 2.37. The normalized spacial score (nSPS) is 35.8. The lowest BCUT2D eigenvalue weighted by Gasteiger charge is -2.50. The molecule has 1 aromatic carbocycles. The molecule has 1 aromatic rings. The smallest absolute Gasteiger partial charge is 0.161 e. The van der Waals surface area contributed by atoms with Crippen LogP contribution in [0.25, 0.3) is 0 Å². The van der Waals surface area contributed by atoms with Crippen LogP contribution in [0, 0.1) is 0 Å². The minimum atomic E-state index is -0.724. The third kappa shape index (κ3) is 2.18. The Morgan fingerprint density at radius 3 is 2.67 bits per heavy atom. The van der Waals surface area contributed by atoms with E-state index in [9.17, 15) is 15.3 Å². The molecule has 1 saturated carbocycles. The Labute approximate surface area is 142 Å². The summed E-state index contributed by atoms with van der Waals surface area (Å²) in [5.41, 5.74) is 3.24. The van der Waals surface area contributed by atoms with Gasteiger partial charge in [-0.1, -0.05) is 0 Å². The molecule has 0 radical (unpaired) electrons. The Morgan fingerprint density at radius 1 is 1.21 bits per heavy atom. The van der Waals surface area contributed by atoms with Crippen LogP contribution >= 0.6 is 0 Å². The van der Waals surface area contributed by atoms with Crippen molar-refractivity contribution in [2.45, 2.75) is 62.2 Å². The van der Waals surface area contributed by atoms with Gasteiger partial charge in [-0.05, 0) is 62.8 Å². The Kier molecular flexibility index (Phi) is 3.79. The lowest BCUT2D eigenvalue weighted by Crippen LogP contribution is -2.47. The van der Waals surface area contributed by atoms with Crippen molar-refractivity contribution in [1.29, 1.82) is 0 Å². The summed E-state index contributed by atoms with van der Waals surface area (Å²) in [5, 5.41) is 31.3. The number of methoxy groups -OCH3 is 1. The number of hydrogen-bond acceptors (Lipinski definition) is 5. The number of phenolic OH excluding ortho intramolecular Hbond substituents is 1. The number of rotatable bonds is 1. The van der Waals surface area contributed by atoms with Gasteiger partial charge in [-0.3, -0.25) is 4.90 Å². The minimum Gasteiger partial charge on any atom is -0.504 e. The number of hydrogen-bond donors (Lipinski definition) is 3. The first-order valence-electron chi connectivity index (χ1n) is 8.96. The zero-order valence-electron chi connectivity index (χ0n) is 14.5. The van der Waals surface area contributed by atoms with Crippen molar-refractivity contribution in [1.82, 2.24) is 4.90 Å². The predicted octanol–water partition coefficient (Wildman–Crippen LogP) is 1.87. The molecule has 1 spiro atoms. The first kappa shape index (κ1) is 16.2. The minimum absolute atomic E-state index is 0.236. The van der Waals surface area contributed by atoms with E-state index in [-0.39, 0.29) is 11.2 Å². The van der Waals surface area contributed by atoms with Crippen LogP contribution in [0.15, 0.2) is 6.07 Å². The van der Waals surface area contributed by atoms with E-state index in [1.165, 1.54) is 11.1 Å². The number of fused-ring (bicyclic) bond motifs is 1. The topological polar surface area (TPSA) is 73.2 Å². The number of aliphatic hydroxyl groups excluding tert-OH is 2. The zero-order chi connectivity index (χ0) is 17.1. The standard InChI is InChI=1S/C19H27NO4/c1-20-8-5-11-9-15(24-2)18(23)17-16(11)12(20)3-6-19(17)7-4-13(21)14(22)10-19/h9,12-14,21-23H,3-8,10H2,1-2H3. The number of benzene rings is 1. The van der Waals surface area contributed by atoms with Crippen LogP contribution in [-0.2, 0) is 11.8 Å². The molecule has 3 aliphatic rings. The van der Waals surface area contributed by atoms with Gasteiger partial charge in [0.25, 0.3) is 0 Å². The van der Waals surface area contributed by atoms with Crippen LogP contribution in [0.3, 0.4) is 0 Å². The van der Waals surface area contributed by atoms with Gasteiger partial charge in [0.05, 0.1) is 19.3 Å². The molecule has 0 aromatic heterocycles. The maximum atomic E-state index is 11.0. The van der Waals surface area contributed by atoms with Crippen molar-refractivity contribution < 1.29 is 20.1 Å². The number of aliphatic hydroxyl groups is 2. The Balaban J connectivity index is 1.92. The van der Waals surface area contributed by atoms with Crippen molar-refractivity contribution in [3.8, 4) is 11.5 Å². The molecule has 1 fully saturated rings. The lowest BCUT2D eigenvalue weighted by atomic mass is 9.59. The second kappa shape index (κ2) is 5.61. The number of nitrogens with zero attached hydrogens (tertiary/aromatic N) is 1. The molecule has 0 saturated heterocycles. The van der Waals surface area contributed by atoms with E-state index < -0.39 is 12.2 Å². The quantitative estimate of drug-likeness (QED) is 0.732. The third-order valence-corrected chi connectivity index (χ3v) is 6.60. The fraction of sp³-hybridized carbons (Fsp3) is 0.684. The van der Waals surface area contributed by atoms with Crippen molar-refractivity contribution >= 4 is 0 Å². The number of likely N-dealkylation sites (N-methyl/N-ethyl adjacent to an activating group) is 1. The molecule has 4 unspecified atom stereocenters. The maximum Gasteiger partial charge on any atom is 0.161 e. The molecule has 24 heavy (non-hydrogen) atoms. The molecule has 5 heteroatoms. The molecule has 1 heterocycles. The van der Waals surface area contributed by atoms with Gasteiger partial charge >= 0.3 is 0 Å². The highest BCUT2D eigenvalue weighted by Crippen LogP contribution is 2.57. The molecular weight excluding hydrogens is 306 g/mol. The van der Waals surface area contributed by atoms with Crippen molar-refractivity contribution in [3.05, 3.63) is 22.8 Å². The molecule has 4 atom stereocenters. The molecule has 0 amide bonds. The van der Waals surface area contributed by atoms with Crippen molar-refractivity contribution in [2.75, 3.05) is 20.7 Å². The van der Waals surface area contributed by atoms with Crippen LogP contribution in [0.2, 0.25) is 0 Å². The monoisotopic (exact) mass is 333 g/mol. The Hall–Kier alpha value is -1.30. The van der Waals surface area contributed by atoms with E-state index in [0.717, 1.165) is 37.8 Å². The molecule has 132 valence electrons. The molecule has 4 rings (SSSR count). The summed E-state index contributed by atoms with van der Waals surface area (Å²) in [6.07, 6.45) is 3.43. The van der Waals surface area contributed by atoms with Crippen LogP contribution in [0.5, 0.6) is 11.5 Å². The van der Waals surface area contributed by atoms with Gasteiger partial charge in [0.15, 0.2) is 11.5 Å². The van der Waals surface area contributed by atoms with Gasteiger partial charge in [-0.25, -0.2) is 0 Å². The average Bonchev–Trinajstić information content (AvgIpc) is 2.57. The van der Waals surface area contributed by atoms with Crippen molar-refractivity contribution in [3.63, 3.8) is 0 Å². The zero-order valence-corrected chi connectivity index (χ0v) is 14.5. The highest BCUT2D eigenvalue weighted by atomic mass is 16.5. The second-order valence-corrected chi connectivity index (χ2v) is 7.82. The summed E-state index contributed by atoms with van der Waals surface area (Å²) >= 11 is 0. The van der Waals surface area contributed by atoms with E-state index >= 15 is 0 Å². The van der Waals surface area contributed by atoms with Crippen LogP contribution < -0.4 is 4.74 Å². The Bertz CT molecular complexity index is 661. The van der Waals surface area contributed by atoms with E-state index in [1.54, 1.807) is 7.11 Å². The van der Waals surface area contributed by atoms with E-state index in [4.69, 9.17) is 4.74 Å². The fourth-order valence-electron chi connectivity index (χ4n) is 5.28. The van der Waals surface area contributed by atoms with Gasteiger partial charge in [-0.15, -0.1) is 0 Å². The summed E-state index contributed by atoms with van der Waals surface area (Å²) in [6, 6.07) is 2.32. The molecule has 5 nitrogen and oxygen atoms in total. The van der Waals surface area contributed by atoms with E-state index in [2.05, 4.69) is 11.9 Å². The molecule has 2 aliphatic carbocycles. The molecular formula is C19H27NO4. The maximum absolute atomic E-state index is 11.0. The molecule has 0 bridgehead atoms. The molecule has 3 N–H and O–H groups in total. The largest absolute Gasteiger partial charge is 0.504 e. The van der Waals surface area contributed by atoms with E-state index in [0.29, 0.717) is 24.6 Å². The Morgan fingerprint density at radius 2 is 1.96 bits per heavy atom. The van der Waals surface area contributed by atoms with Crippen LogP contribution in [0.1, 0.15) is 54.8 Å². The highest BCUT2D eigenvalue weighted by Gasteiger charge is 2.49. The highest BCUT2D eigenvalue weighted by molar-refractivity contribution is 5.60. The molecule has 1 aliphatic heterocycles. The number of aromatic hydroxyl groups is 1. The SMILES string of the molecule is COc1cc2c3c(c1O)C1(CCC(O)C(O)C1)CCC3N(C)CC2. The van der Waals surface area contributed by atoms with Gasteiger partial charge in [-0.2, -0.15) is 0 Å². The van der Waals surface area contributed by atoms with Crippen LogP contribution in [0.4, 0.5) is 0 Å². The van der Waals surface area contributed by atoms with Gasteiger partial charge in [0.2, 0.25) is 0 Å². The number of ether oxygens (including phenoxy) is 1. The summed E-state index contributed by atoms with van der Waals surface area (Å²) < 4.78 is 5.45. The number of phenols is 1. The first-order chi connectivity index (χ1) is 11.5. The average molecular weight is 333 g/mol. The summed E-state index contributed by atoms with van der Waals surface area (Å²) in [7, 11) is 3.74. The second-order valence-electron chi connectivity index (χ2n) is 7.82. The van der Waals surface area contributed by atoms with E-state index in [1.807, 2.05) is 6.07 Å². The van der Waals surface area contributed by atoms with Gasteiger partial charge < -0.3 is 20.1 Å². The third-order valence-electron chi connectivity index (χ3n) is 6.60. The summed E-state index contributed by atoms with van der Waals surface area (Å²) in [6.45, 7) is 1.01. The summed E-state index contributed by atoms with van der Waals surface area (Å²) in [5.74, 6) is 0.772. The van der Waals surface area contributed by atoms with Gasteiger partial charge in [0, 0.05) is 23.6 Å². The fourth-order valence-corrected chi connectivity index (χ4v) is 5.28. The van der Waals surface area contributed by atoms with Crippen LogP contribution in [-0.4, -0.2) is 53.1 Å². The lowest BCUT2D eigenvalue weighted by molar-refractivity contribution is -0.0401. The first-order valence-corrected chi connectivity index (χ1v) is 8.96. The van der Waals surface area contributed by atoms with Crippen molar-refractivity contribution in [2.24, 2.45) is 0 Å². The van der Waals surface area contributed by atoms with Gasteiger partial charge in [0.1, 0.15) is 0 Å².